The lowest BCUT2D eigenvalue weighted by Crippen LogP contribution is -2.17. The fourth-order valence-corrected chi connectivity index (χ4v) is 3.27. The summed E-state index contributed by atoms with van der Waals surface area (Å²) in [6.07, 6.45) is 13.7. The summed E-state index contributed by atoms with van der Waals surface area (Å²) in [6, 6.07) is 8.26. The van der Waals surface area contributed by atoms with Gasteiger partial charge in [0.15, 0.2) is 0 Å². The van der Waals surface area contributed by atoms with Gasteiger partial charge in [-0.05, 0) is 31.9 Å². The second-order valence-corrected chi connectivity index (χ2v) is 6.28. The molecule has 0 radical (unpaired) electrons. The number of likely N-dealkylation sites (N-methyl/N-ethyl adjacent to an activating group) is 1. The second kappa shape index (κ2) is 6.95. The van der Waals surface area contributed by atoms with Crippen molar-refractivity contribution in [3.05, 3.63) is 48.2 Å². The Bertz CT molecular complexity index is 592. The molecule has 2 heteroatoms. The van der Waals surface area contributed by atoms with Crippen molar-refractivity contribution in [3.8, 4) is 0 Å². The fraction of sp³-hybridized carbons (Fsp3) is 0.474. The molecule has 21 heavy (non-hydrogen) atoms. The highest BCUT2D eigenvalue weighted by Crippen LogP contribution is 2.24. The van der Waals surface area contributed by atoms with Gasteiger partial charge in [-0.25, -0.2) is 0 Å². The molecule has 1 heterocycles. The molecule has 0 amide bonds. The van der Waals surface area contributed by atoms with Crippen molar-refractivity contribution in [1.29, 1.82) is 0 Å². The van der Waals surface area contributed by atoms with E-state index in [1.165, 1.54) is 43.1 Å². The molecule has 1 aromatic carbocycles. The van der Waals surface area contributed by atoms with E-state index in [1.807, 2.05) is 18.4 Å². The molecule has 1 saturated carbocycles. The van der Waals surface area contributed by atoms with E-state index >= 15 is 0 Å². The van der Waals surface area contributed by atoms with Gasteiger partial charge in [-0.3, -0.25) is 4.90 Å². The van der Waals surface area contributed by atoms with Crippen LogP contribution in [0.4, 0.5) is 0 Å². The highest BCUT2D eigenvalue weighted by Gasteiger charge is 2.10. The lowest BCUT2D eigenvalue weighted by Gasteiger charge is -2.18. The smallest absolute Gasteiger partial charge is 0.134 e. The largest absolute Gasteiger partial charge is 0.464 e. The molecule has 0 saturated heterocycles. The Balaban J connectivity index is 1.54. The number of fused-ring (bicyclic) bond motifs is 1. The molecule has 1 fully saturated rings. The first-order valence-corrected chi connectivity index (χ1v) is 8.13. The van der Waals surface area contributed by atoms with Crippen LogP contribution in [0.2, 0.25) is 0 Å². The molecule has 0 spiro atoms. The maximum absolute atomic E-state index is 5.60. The van der Waals surface area contributed by atoms with E-state index in [-0.39, 0.29) is 0 Å². The van der Waals surface area contributed by atoms with Crippen LogP contribution in [-0.2, 0) is 6.54 Å². The Kier molecular flexibility index (Phi) is 4.76. The molecule has 0 N–H and O–H groups in total. The van der Waals surface area contributed by atoms with E-state index in [0.29, 0.717) is 0 Å². The number of benzene rings is 1. The Labute approximate surface area is 127 Å². The quantitative estimate of drug-likeness (QED) is 0.718. The Hall–Kier alpha value is -1.54. The lowest BCUT2D eigenvalue weighted by molar-refractivity contribution is 0.360. The third-order valence-corrected chi connectivity index (χ3v) is 4.48. The van der Waals surface area contributed by atoms with Crippen LogP contribution in [0.15, 0.2) is 47.1 Å². The van der Waals surface area contributed by atoms with Gasteiger partial charge in [-0.15, -0.1) is 0 Å². The molecule has 0 atom stereocenters. The van der Waals surface area contributed by atoms with E-state index in [2.05, 4.69) is 36.2 Å². The van der Waals surface area contributed by atoms with Crippen LogP contribution in [0, 0.1) is 5.92 Å². The fourth-order valence-electron chi connectivity index (χ4n) is 3.27. The monoisotopic (exact) mass is 283 g/mol. The molecule has 2 aromatic rings. The van der Waals surface area contributed by atoms with Gasteiger partial charge in [-0.1, -0.05) is 49.6 Å². The first kappa shape index (κ1) is 14.4. The summed E-state index contributed by atoms with van der Waals surface area (Å²) in [6.45, 7) is 1.95. The number of allylic oxidation sites excluding steroid dienone is 1. The molecule has 0 bridgehead atoms. The summed E-state index contributed by atoms with van der Waals surface area (Å²) in [5, 5.41) is 1.24. The van der Waals surface area contributed by atoms with Crippen molar-refractivity contribution in [2.24, 2.45) is 5.92 Å². The normalized spacial score (nSPS) is 17.2. The average molecular weight is 283 g/mol. The van der Waals surface area contributed by atoms with Crippen LogP contribution < -0.4 is 0 Å². The van der Waals surface area contributed by atoms with Gasteiger partial charge < -0.3 is 4.42 Å². The second-order valence-electron chi connectivity index (χ2n) is 6.28. The van der Waals surface area contributed by atoms with Crippen molar-refractivity contribution in [1.82, 2.24) is 4.90 Å². The molecular formula is C19H25NO. The molecule has 2 nitrogen and oxygen atoms in total. The SMILES string of the molecule is CN(C/C=C/C1CCCCC1)Cc1coc2ccccc12. The van der Waals surface area contributed by atoms with Crippen molar-refractivity contribution >= 4 is 11.0 Å². The predicted molar refractivity (Wildman–Crippen MR) is 88.3 cm³/mol. The lowest BCUT2D eigenvalue weighted by atomic mass is 9.89. The average Bonchev–Trinajstić information content (AvgIpc) is 2.92. The van der Waals surface area contributed by atoms with Crippen molar-refractivity contribution < 1.29 is 4.42 Å². The number of hydrogen-bond acceptors (Lipinski definition) is 2. The van der Waals surface area contributed by atoms with Crippen LogP contribution in [0.25, 0.3) is 11.0 Å². The molecule has 112 valence electrons. The van der Waals surface area contributed by atoms with Gasteiger partial charge in [0.25, 0.3) is 0 Å². The van der Waals surface area contributed by atoms with Gasteiger partial charge in [0.05, 0.1) is 6.26 Å². The molecule has 0 unspecified atom stereocenters. The minimum absolute atomic E-state index is 0.821. The van der Waals surface area contributed by atoms with Gasteiger partial charge in [0.1, 0.15) is 5.58 Å². The molecule has 1 aliphatic rings. The van der Waals surface area contributed by atoms with E-state index in [1.54, 1.807) is 0 Å². The van der Waals surface area contributed by atoms with Crippen molar-refractivity contribution in [2.45, 2.75) is 38.6 Å². The standard InChI is InChI=1S/C19H25NO/c1-20(13-7-10-16-8-3-2-4-9-16)14-17-15-21-19-12-6-5-11-18(17)19/h5-7,10-12,15-16H,2-4,8-9,13-14H2,1H3/b10-7+. The van der Waals surface area contributed by atoms with Gasteiger partial charge in [0.2, 0.25) is 0 Å². The number of furan rings is 1. The van der Waals surface area contributed by atoms with Gasteiger partial charge >= 0.3 is 0 Å². The van der Waals surface area contributed by atoms with Crippen LogP contribution in [0.1, 0.15) is 37.7 Å². The zero-order valence-electron chi connectivity index (χ0n) is 12.9. The Morgan fingerprint density at radius 1 is 1.19 bits per heavy atom. The molecule has 1 aromatic heterocycles. The summed E-state index contributed by atoms with van der Waals surface area (Å²) in [5.74, 6) is 0.821. The third kappa shape index (κ3) is 3.76. The zero-order valence-corrected chi connectivity index (χ0v) is 12.9. The first-order valence-electron chi connectivity index (χ1n) is 8.13. The van der Waals surface area contributed by atoms with Crippen LogP contribution in [0.3, 0.4) is 0 Å². The Morgan fingerprint density at radius 2 is 2.00 bits per heavy atom. The van der Waals surface area contributed by atoms with E-state index in [9.17, 15) is 0 Å². The van der Waals surface area contributed by atoms with Gasteiger partial charge in [0, 0.05) is 24.0 Å². The minimum atomic E-state index is 0.821. The minimum Gasteiger partial charge on any atom is -0.464 e. The number of hydrogen-bond donors (Lipinski definition) is 0. The van der Waals surface area contributed by atoms with E-state index in [4.69, 9.17) is 4.42 Å². The highest BCUT2D eigenvalue weighted by atomic mass is 16.3. The summed E-state index contributed by atoms with van der Waals surface area (Å²) in [5.41, 5.74) is 2.26. The topological polar surface area (TPSA) is 16.4 Å². The first-order chi connectivity index (χ1) is 10.3. The number of rotatable bonds is 5. The van der Waals surface area contributed by atoms with Crippen molar-refractivity contribution in [2.75, 3.05) is 13.6 Å². The molecule has 1 aliphatic carbocycles. The highest BCUT2D eigenvalue weighted by molar-refractivity contribution is 5.80. The van der Waals surface area contributed by atoms with Crippen molar-refractivity contribution in [3.63, 3.8) is 0 Å². The van der Waals surface area contributed by atoms with Crippen LogP contribution in [0.5, 0.6) is 0 Å². The number of para-hydroxylation sites is 1. The van der Waals surface area contributed by atoms with E-state index < -0.39 is 0 Å². The molecule has 0 aliphatic heterocycles. The van der Waals surface area contributed by atoms with Crippen LogP contribution >= 0.6 is 0 Å². The van der Waals surface area contributed by atoms with Gasteiger partial charge in [-0.2, -0.15) is 0 Å². The van der Waals surface area contributed by atoms with Crippen LogP contribution in [-0.4, -0.2) is 18.5 Å². The summed E-state index contributed by atoms with van der Waals surface area (Å²) < 4.78 is 5.60. The maximum atomic E-state index is 5.60. The zero-order chi connectivity index (χ0) is 14.5. The summed E-state index contributed by atoms with van der Waals surface area (Å²) >= 11 is 0. The third-order valence-electron chi connectivity index (χ3n) is 4.48. The molecule has 3 rings (SSSR count). The van der Waals surface area contributed by atoms with E-state index in [0.717, 1.165) is 24.6 Å². The molecular weight excluding hydrogens is 258 g/mol. The predicted octanol–water partition coefficient (Wildman–Crippen LogP) is 5.00. The summed E-state index contributed by atoms with van der Waals surface area (Å²) in [7, 11) is 2.17. The Morgan fingerprint density at radius 3 is 2.86 bits per heavy atom. The maximum Gasteiger partial charge on any atom is 0.134 e. The number of nitrogens with zero attached hydrogens (tertiary/aromatic N) is 1. The summed E-state index contributed by atoms with van der Waals surface area (Å²) in [4.78, 5) is 2.34.